The van der Waals surface area contributed by atoms with Gasteiger partial charge in [-0.15, -0.1) is 0 Å². The number of amides is 3. The van der Waals surface area contributed by atoms with Gasteiger partial charge in [-0.3, -0.25) is 14.5 Å². The van der Waals surface area contributed by atoms with Crippen molar-refractivity contribution in [3.05, 3.63) is 108 Å². The molecule has 0 aromatic heterocycles. The van der Waals surface area contributed by atoms with Crippen LogP contribution in [0.25, 0.3) is 0 Å². The minimum absolute atomic E-state index is 0.0775. The van der Waals surface area contributed by atoms with Gasteiger partial charge in [-0.05, 0) is 49.8 Å². The third kappa shape index (κ3) is 12.9. The molecule has 0 aliphatic rings. The summed E-state index contributed by atoms with van der Waals surface area (Å²) in [5.41, 5.74) is 1.36. The summed E-state index contributed by atoms with van der Waals surface area (Å²) in [7, 11) is 0. The van der Waals surface area contributed by atoms with Gasteiger partial charge in [0.15, 0.2) is 0 Å². The Balaban J connectivity index is 1.81. The summed E-state index contributed by atoms with van der Waals surface area (Å²) in [5.74, 6) is -1.53. The molecule has 0 unspecified atom stereocenters. The Morgan fingerprint density at radius 3 is 1.81 bits per heavy atom. The molecule has 258 valence electrons. The molecule has 9 heteroatoms. The molecule has 2 N–H and O–H groups in total. The van der Waals surface area contributed by atoms with Crippen molar-refractivity contribution in [1.29, 1.82) is 0 Å². The Labute approximate surface area is 285 Å². The van der Waals surface area contributed by atoms with Gasteiger partial charge in [-0.1, -0.05) is 119 Å². The first-order valence-electron chi connectivity index (χ1n) is 16.5. The normalized spacial score (nSPS) is 12.8. The summed E-state index contributed by atoms with van der Waals surface area (Å²) < 4.78 is 11.3. The molecule has 3 rings (SSSR count). The molecular formula is C39H51N3O6. The topological polar surface area (TPSA) is 114 Å². The monoisotopic (exact) mass is 657 g/mol. The van der Waals surface area contributed by atoms with Crippen molar-refractivity contribution < 1.29 is 28.7 Å². The molecule has 0 saturated heterocycles. The van der Waals surface area contributed by atoms with Crippen molar-refractivity contribution in [1.82, 2.24) is 15.5 Å². The van der Waals surface area contributed by atoms with Gasteiger partial charge in [-0.2, -0.15) is 0 Å². The number of esters is 1. The van der Waals surface area contributed by atoms with Crippen molar-refractivity contribution in [2.45, 2.75) is 91.0 Å². The van der Waals surface area contributed by atoms with E-state index in [1.807, 2.05) is 119 Å². The summed E-state index contributed by atoms with van der Waals surface area (Å²) in [6, 6.07) is 26.4. The average Bonchev–Trinajstić information content (AvgIpc) is 3.03. The van der Waals surface area contributed by atoms with Crippen LogP contribution in [0.1, 0.15) is 71.6 Å². The van der Waals surface area contributed by atoms with Gasteiger partial charge >= 0.3 is 12.1 Å². The van der Waals surface area contributed by atoms with E-state index in [1.54, 1.807) is 20.8 Å². The second kappa shape index (κ2) is 17.5. The number of rotatable bonds is 15. The highest BCUT2D eigenvalue weighted by molar-refractivity contribution is 5.92. The number of carbonyl (C=O) groups excluding carboxylic acids is 4. The fourth-order valence-electron chi connectivity index (χ4n) is 5.23. The molecule has 0 bridgehead atoms. The molecule has 2 atom stereocenters. The third-order valence-electron chi connectivity index (χ3n) is 7.59. The predicted molar refractivity (Wildman–Crippen MR) is 187 cm³/mol. The number of hydrogen-bond acceptors (Lipinski definition) is 6. The minimum Gasteiger partial charge on any atom is -0.459 e. The zero-order valence-corrected chi connectivity index (χ0v) is 29.3. The molecular weight excluding hydrogens is 606 g/mol. The lowest BCUT2D eigenvalue weighted by atomic mass is 9.84. The standard InChI is InChI=1S/C39H51N3O6/c1-28(2)23-33(36(45)47-26-30-19-13-9-14-20-30)41-35(44)32(24-29-17-11-8-12-18-29)40-34(43)25-42(37(46)48-38(3,4)5)27-39(6,7)31-21-15-10-16-22-31/h8-22,28,32-33H,23-27H2,1-7H3,(H,40,43)(H,41,44)/t32-,33-/m1/s1. The molecule has 48 heavy (non-hydrogen) atoms. The maximum Gasteiger partial charge on any atom is 0.410 e. The second-order valence-corrected chi connectivity index (χ2v) is 14.2. The Hall–Kier alpha value is -4.66. The molecule has 0 heterocycles. The van der Waals surface area contributed by atoms with Gasteiger partial charge in [-0.25, -0.2) is 9.59 Å². The van der Waals surface area contributed by atoms with E-state index < -0.39 is 47.0 Å². The SMILES string of the molecule is CC(C)C[C@@H](NC(=O)[C@@H](Cc1ccccc1)NC(=O)CN(CC(C)(C)c1ccccc1)C(=O)OC(C)(C)C)C(=O)OCc1ccccc1. The van der Waals surface area contributed by atoms with Crippen LogP contribution in [0.3, 0.4) is 0 Å². The number of hydrogen-bond donors (Lipinski definition) is 2. The van der Waals surface area contributed by atoms with E-state index in [1.165, 1.54) is 4.90 Å². The van der Waals surface area contributed by atoms with Crippen LogP contribution in [-0.4, -0.2) is 59.6 Å². The van der Waals surface area contributed by atoms with Gasteiger partial charge in [0.25, 0.3) is 0 Å². The number of nitrogens with one attached hydrogen (secondary N) is 2. The quantitative estimate of drug-likeness (QED) is 0.188. The molecule has 3 aromatic rings. The Bertz CT molecular complexity index is 1470. The molecule has 0 aliphatic carbocycles. The molecule has 3 aromatic carbocycles. The number of carbonyl (C=O) groups is 4. The van der Waals surface area contributed by atoms with Gasteiger partial charge in [0.05, 0.1) is 0 Å². The Morgan fingerprint density at radius 2 is 1.27 bits per heavy atom. The summed E-state index contributed by atoms with van der Waals surface area (Å²) in [4.78, 5) is 55.5. The lowest BCUT2D eigenvalue weighted by molar-refractivity contribution is -0.149. The van der Waals surface area contributed by atoms with E-state index in [4.69, 9.17) is 9.47 Å². The summed E-state index contributed by atoms with van der Waals surface area (Å²) >= 11 is 0. The smallest absolute Gasteiger partial charge is 0.410 e. The highest BCUT2D eigenvalue weighted by Crippen LogP contribution is 2.25. The number of nitrogens with zero attached hydrogens (tertiary/aromatic N) is 1. The molecule has 0 saturated carbocycles. The summed E-state index contributed by atoms with van der Waals surface area (Å²) in [6.07, 6.45) is -0.107. The van der Waals surface area contributed by atoms with Crippen LogP contribution >= 0.6 is 0 Å². The van der Waals surface area contributed by atoms with E-state index in [9.17, 15) is 19.2 Å². The Kier molecular flexibility index (Phi) is 13.8. The van der Waals surface area contributed by atoms with E-state index in [0.29, 0.717) is 6.42 Å². The van der Waals surface area contributed by atoms with Gasteiger partial charge < -0.3 is 20.1 Å². The van der Waals surface area contributed by atoms with Crippen LogP contribution in [0.2, 0.25) is 0 Å². The van der Waals surface area contributed by atoms with Crippen LogP contribution in [0.15, 0.2) is 91.0 Å². The predicted octanol–water partition coefficient (Wildman–Crippen LogP) is 6.20. The van der Waals surface area contributed by atoms with Crippen LogP contribution < -0.4 is 10.6 Å². The molecule has 0 radical (unpaired) electrons. The molecule has 0 spiro atoms. The fourth-order valence-corrected chi connectivity index (χ4v) is 5.23. The van der Waals surface area contributed by atoms with Gasteiger partial charge in [0, 0.05) is 18.4 Å². The van der Waals surface area contributed by atoms with Crippen LogP contribution in [-0.2, 0) is 42.3 Å². The van der Waals surface area contributed by atoms with E-state index in [0.717, 1.165) is 16.7 Å². The van der Waals surface area contributed by atoms with Crippen LogP contribution in [0.4, 0.5) is 4.79 Å². The maximum absolute atomic E-state index is 13.8. The number of ether oxygens (including phenoxy) is 2. The lowest BCUT2D eigenvalue weighted by Gasteiger charge is -2.34. The minimum atomic E-state index is -1.03. The summed E-state index contributed by atoms with van der Waals surface area (Å²) in [6.45, 7) is 13.1. The number of benzene rings is 3. The van der Waals surface area contributed by atoms with E-state index in [2.05, 4.69) is 10.6 Å². The largest absolute Gasteiger partial charge is 0.459 e. The zero-order valence-electron chi connectivity index (χ0n) is 29.3. The highest BCUT2D eigenvalue weighted by Gasteiger charge is 2.33. The van der Waals surface area contributed by atoms with Crippen molar-refractivity contribution in [3.8, 4) is 0 Å². The third-order valence-corrected chi connectivity index (χ3v) is 7.59. The molecule has 9 nitrogen and oxygen atoms in total. The van der Waals surface area contributed by atoms with Crippen molar-refractivity contribution in [3.63, 3.8) is 0 Å². The maximum atomic E-state index is 13.8. The molecule has 0 fully saturated rings. The van der Waals surface area contributed by atoms with Crippen molar-refractivity contribution in [2.75, 3.05) is 13.1 Å². The van der Waals surface area contributed by atoms with Crippen molar-refractivity contribution >= 4 is 23.9 Å². The van der Waals surface area contributed by atoms with Crippen LogP contribution in [0.5, 0.6) is 0 Å². The van der Waals surface area contributed by atoms with E-state index in [-0.39, 0.29) is 32.0 Å². The summed E-state index contributed by atoms with van der Waals surface area (Å²) in [5, 5.41) is 5.69. The molecule has 0 aliphatic heterocycles. The van der Waals surface area contributed by atoms with Crippen LogP contribution in [0, 0.1) is 5.92 Å². The Morgan fingerprint density at radius 1 is 0.729 bits per heavy atom. The van der Waals surface area contributed by atoms with Crippen molar-refractivity contribution in [2.24, 2.45) is 5.92 Å². The highest BCUT2D eigenvalue weighted by atomic mass is 16.6. The van der Waals surface area contributed by atoms with E-state index >= 15 is 0 Å². The second-order valence-electron chi connectivity index (χ2n) is 14.2. The first-order valence-corrected chi connectivity index (χ1v) is 16.5. The lowest BCUT2D eigenvalue weighted by Crippen LogP contribution is -2.55. The molecule has 3 amide bonds. The first-order chi connectivity index (χ1) is 22.6. The average molecular weight is 658 g/mol. The fraction of sp³-hybridized carbons (Fsp3) is 0.436. The first kappa shape index (κ1) is 37.8. The van der Waals surface area contributed by atoms with Gasteiger partial charge in [0.1, 0.15) is 30.8 Å². The van der Waals surface area contributed by atoms with Gasteiger partial charge in [0.2, 0.25) is 11.8 Å². The zero-order chi connectivity index (χ0) is 35.3.